The second-order valence-electron chi connectivity index (χ2n) is 2.70. The number of aliphatic hydroxyl groups excluding tert-OH is 1. The summed E-state index contributed by atoms with van der Waals surface area (Å²) >= 11 is 0. The van der Waals surface area contributed by atoms with Gasteiger partial charge >= 0.3 is 0 Å². The van der Waals surface area contributed by atoms with Gasteiger partial charge in [-0.05, 0) is 5.56 Å². The van der Waals surface area contributed by atoms with Crippen LogP contribution in [0.1, 0.15) is 11.7 Å². The summed E-state index contributed by atoms with van der Waals surface area (Å²) in [4.78, 5) is 0. The third kappa shape index (κ3) is 2.52. The Bertz CT molecular complexity index is 231. The van der Waals surface area contributed by atoms with Crippen LogP contribution in [0.3, 0.4) is 0 Å². The summed E-state index contributed by atoms with van der Waals surface area (Å²) < 4.78 is 9.89. The highest BCUT2D eigenvalue weighted by Crippen LogP contribution is 2.18. The Morgan fingerprint density at radius 2 is 1.62 bits per heavy atom. The van der Waals surface area contributed by atoms with Crippen molar-refractivity contribution in [2.75, 3.05) is 14.2 Å². The molecule has 1 aromatic rings. The van der Waals surface area contributed by atoms with E-state index in [9.17, 15) is 5.11 Å². The molecule has 0 fully saturated rings. The molecule has 1 aromatic carbocycles. The molecule has 0 heterocycles. The van der Waals surface area contributed by atoms with Gasteiger partial charge < -0.3 is 14.6 Å². The van der Waals surface area contributed by atoms with Crippen molar-refractivity contribution >= 4 is 0 Å². The van der Waals surface area contributed by atoms with Crippen molar-refractivity contribution in [3.63, 3.8) is 0 Å². The highest BCUT2D eigenvalue weighted by molar-refractivity contribution is 5.17. The highest BCUT2D eigenvalue weighted by atomic mass is 16.7. The van der Waals surface area contributed by atoms with E-state index in [0.717, 1.165) is 5.56 Å². The first kappa shape index (κ1) is 10.2. The van der Waals surface area contributed by atoms with E-state index in [4.69, 9.17) is 9.47 Å². The average molecular weight is 182 g/mol. The first-order valence-corrected chi connectivity index (χ1v) is 4.08. The SMILES string of the molecule is COC(OC)[C@@H](O)c1ccccc1. The minimum absolute atomic E-state index is 0.609. The zero-order valence-corrected chi connectivity index (χ0v) is 7.81. The van der Waals surface area contributed by atoms with Crippen molar-refractivity contribution in [1.29, 1.82) is 0 Å². The summed E-state index contributed by atoms with van der Waals surface area (Å²) in [5, 5.41) is 9.73. The summed E-state index contributed by atoms with van der Waals surface area (Å²) in [5.41, 5.74) is 0.788. The van der Waals surface area contributed by atoms with Crippen LogP contribution in [-0.4, -0.2) is 25.6 Å². The van der Waals surface area contributed by atoms with E-state index in [-0.39, 0.29) is 0 Å². The number of hydrogen-bond donors (Lipinski definition) is 1. The van der Waals surface area contributed by atoms with Crippen LogP contribution in [0, 0.1) is 0 Å². The first-order valence-electron chi connectivity index (χ1n) is 4.08. The molecule has 0 saturated heterocycles. The van der Waals surface area contributed by atoms with Gasteiger partial charge in [0, 0.05) is 14.2 Å². The van der Waals surface area contributed by atoms with Gasteiger partial charge in [-0.25, -0.2) is 0 Å². The van der Waals surface area contributed by atoms with Crippen LogP contribution in [0.25, 0.3) is 0 Å². The summed E-state index contributed by atoms with van der Waals surface area (Å²) in [6.45, 7) is 0. The predicted molar refractivity (Wildman–Crippen MR) is 49.2 cm³/mol. The third-order valence-electron chi connectivity index (χ3n) is 1.86. The molecule has 1 atom stereocenters. The Hall–Kier alpha value is -0.900. The van der Waals surface area contributed by atoms with Crippen molar-refractivity contribution in [3.8, 4) is 0 Å². The minimum Gasteiger partial charge on any atom is -0.383 e. The standard InChI is InChI=1S/C10H14O3/c1-12-10(13-2)9(11)8-6-4-3-5-7-8/h3-7,9-11H,1-2H3/t9-/m0/s1. The topological polar surface area (TPSA) is 38.7 Å². The van der Waals surface area contributed by atoms with Crippen molar-refractivity contribution in [2.24, 2.45) is 0 Å². The minimum atomic E-state index is -0.740. The number of hydrogen-bond acceptors (Lipinski definition) is 3. The summed E-state index contributed by atoms with van der Waals surface area (Å²) in [7, 11) is 3.00. The maximum Gasteiger partial charge on any atom is 0.187 e. The molecule has 1 rings (SSSR count). The van der Waals surface area contributed by atoms with Gasteiger partial charge in [-0.2, -0.15) is 0 Å². The van der Waals surface area contributed by atoms with E-state index < -0.39 is 12.4 Å². The Labute approximate surface area is 77.9 Å². The monoisotopic (exact) mass is 182 g/mol. The van der Waals surface area contributed by atoms with Gasteiger partial charge in [-0.15, -0.1) is 0 Å². The normalized spacial score (nSPS) is 13.2. The highest BCUT2D eigenvalue weighted by Gasteiger charge is 2.18. The lowest BCUT2D eigenvalue weighted by atomic mass is 10.1. The molecule has 0 radical (unpaired) electrons. The number of ether oxygens (including phenoxy) is 2. The number of rotatable bonds is 4. The van der Waals surface area contributed by atoms with Gasteiger partial charge in [0.15, 0.2) is 6.29 Å². The van der Waals surface area contributed by atoms with Gasteiger partial charge in [0.05, 0.1) is 0 Å². The fourth-order valence-corrected chi connectivity index (χ4v) is 1.16. The molecule has 1 N–H and O–H groups in total. The van der Waals surface area contributed by atoms with E-state index in [1.807, 2.05) is 30.3 Å². The zero-order chi connectivity index (χ0) is 9.68. The van der Waals surface area contributed by atoms with Crippen molar-refractivity contribution < 1.29 is 14.6 Å². The first-order chi connectivity index (χ1) is 6.29. The van der Waals surface area contributed by atoms with Gasteiger partial charge in [0.25, 0.3) is 0 Å². The molecule has 0 aromatic heterocycles. The molecule has 0 aliphatic heterocycles. The van der Waals surface area contributed by atoms with Crippen LogP contribution >= 0.6 is 0 Å². The molecule has 0 saturated carbocycles. The summed E-state index contributed by atoms with van der Waals surface area (Å²) in [5.74, 6) is 0. The lowest BCUT2D eigenvalue weighted by Gasteiger charge is -2.19. The molecular formula is C10H14O3. The fraction of sp³-hybridized carbons (Fsp3) is 0.400. The summed E-state index contributed by atoms with van der Waals surface area (Å²) in [6, 6.07) is 9.28. The second kappa shape index (κ2) is 4.97. The van der Waals surface area contributed by atoms with Crippen LogP contribution in [0.15, 0.2) is 30.3 Å². The predicted octanol–water partition coefficient (Wildman–Crippen LogP) is 1.34. The Balaban J connectivity index is 2.72. The smallest absolute Gasteiger partial charge is 0.187 e. The van der Waals surface area contributed by atoms with Crippen LogP contribution < -0.4 is 0 Å². The van der Waals surface area contributed by atoms with E-state index in [1.54, 1.807) is 0 Å². The molecule has 0 amide bonds. The average Bonchev–Trinajstić information content (AvgIpc) is 2.21. The molecule has 0 unspecified atom stereocenters. The maximum absolute atomic E-state index is 9.73. The molecule has 72 valence electrons. The van der Waals surface area contributed by atoms with Crippen LogP contribution in [0.2, 0.25) is 0 Å². The van der Waals surface area contributed by atoms with Crippen molar-refractivity contribution in [3.05, 3.63) is 35.9 Å². The molecule has 13 heavy (non-hydrogen) atoms. The van der Waals surface area contributed by atoms with E-state index in [0.29, 0.717) is 0 Å². The summed E-state index contributed by atoms with van der Waals surface area (Å²) in [6.07, 6.45) is -1.35. The Morgan fingerprint density at radius 3 is 2.08 bits per heavy atom. The van der Waals surface area contributed by atoms with Gasteiger partial charge in [-0.1, -0.05) is 30.3 Å². The molecule has 0 aliphatic rings. The molecule has 0 spiro atoms. The quantitative estimate of drug-likeness (QED) is 0.714. The molecule has 3 heteroatoms. The third-order valence-corrected chi connectivity index (χ3v) is 1.86. The number of methoxy groups -OCH3 is 2. The zero-order valence-electron chi connectivity index (χ0n) is 7.81. The molecule has 0 bridgehead atoms. The van der Waals surface area contributed by atoms with Crippen LogP contribution in [0.4, 0.5) is 0 Å². The van der Waals surface area contributed by atoms with E-state index in [2.05, 4.69) is 0 Å². The van der Waals surface area contributed by atoms with Crippen molar-refractivity contribution in [2.45, 2.75) is 12.4 Å². The number of aliphatic hydroxyl groups is 1. The maximum atomic E-state index is 9.73. The molecule has 0 aliphatic carbocycles. The van der Waals surface area contributed by atoms with Crippen molar-refractivity contribution in [1.82, 2.24) is 0 Å². The molecular weight excluding hydrogens is 168 g/mol. The van der Waals surface area contributed by atoms with E-state index in [1.165, 1.54) is 14.2 Å². The van der Waals surface area contributed by atoms with Crippen LogP contribution in [0.5, 0.6) is 0 Å². The Kier molecular flexibility index (Phi) is 3.89. The second-order valence-corrected chi connectivity index (χ2v) is 2.70. The lowest BCUT2D eigenvalue weighted by molar-refractivity contribution is -0.166. The van der Waals surface area contributed by atoms with Crippen LogP contribution in [-0.2, 0) is 9.47 Å². The largest absolute Gasteiger partial charge is 0.383 e. The van der Waals surface area contributed by atoms with Gasteiger partial charge in [-0.3, -0.25) is 0 Å². The lowest BCUT2D eigenvalue weighted by Crippen LogP contribution is -2.22. The van der Waals surface area contributed by atoms with Gasteiger partial charge in [0.1, 0.15) is 6.10 Å². The van der Waals surface area contributed by atoms with Gasteiger partial charge in [0.2, 0.25) is 0 Å². The number of benzene rings is 1. The fourth-order valence-electron chi connectivity index (χ4n) is 1.16. The molecule has 3 nitrogen and oxygen atoms in total. The Morgan fingerprint density at radius 1 is 1.08 bits per heavy atom. The van der Waals surface area contributed by atoms with E-state index >= 15 is 0 Å².